The molecule has 0 aliphatic carbocycles. The van der Waals surface area contributed by atoms with E-state index >= 15 is 4.39 Å². The molecule has 0 radical (unpaired) electrons. The molecule has 3 aromatic rings. The Hall–Kier alpha value is -2.67. The fourth-order valence-electron chi connectivity index (χ4n) is 4.66. The van der Waals surface area contributed by atoms with Crippen molar-refractivity contribution in [3.05, 3.63) is 64.2 Å². The zero-order valence-corrected chi connectivity index (χ0v) is 19.0. The third kappa shape index (κ3) is 3.87. The summed E-state index contributed by atoms with van der Waals surface area (Å²) in [4.78, 5) is 14.9. The van der Waals surface area contributed by atoms with Gasteiger partial charge in [-0.2, -0.15) is 0 Å². The number of piperidine rings is 1. The lowest BCUT2D eigenvalue weighted by atomic mass is 9.91. The summed E-state index contributed by atoms with van der Waals surface area (Å²) < 4.78 is 43.0. The molecular formula is C24H27FN2O3S. The summed E-state index contributed by atoms with van der Waals surface area (Å²) in [6.45, 7) is 7.59. The molecule has 7 heteroatoms. The Balaban J connectivity index is 1.88. The van der Waals surface area contributed by atoms with Crippen LogP contribution >= 0.6 is 0 Å². The quantitative estimate of drug-likeness (QED) is 0.607. The molecule has 1 saturated heterocycles. The second-order valence-corrected chi connectivity index (χ2v) is 10.8. The van der Waals surface area contributed by atoms with E-state index in [4.69, 9.17) is 0 Å². The minimum absolute atomic E-state index is 0.0531. The molecule has 164 valence electrons. The maximum Gasteiger partial charge on any atom is 0.211 e. The molecule has 0 N–H and O–H groups in total. The zero-order chi connectivity index (χ0) is 22.5. The van der Waals surface area contributed by atoms with Crippen molar-refractivity contribution < 1.29 is 12.8 Å². The number of fused-ring (bicyclic) bond motifs is 1. The molecule has 2 heterocycles. The van der Waals surface area contributed by atoms with Crippen LogP contribution in [0.2, 0.25) is 0 Å². The number of hydrogen-bond donors (Lipinski definition) is 0. The third-order valence-corrected chi connectivity index (χ3v) is 7.77. The molecule has 0 amide bonds. The molecule has 1 aliphatic rings. The highest BCUT2D eigenvalue weighted by atomic mass is 32.2. The molecule has 0 unspecified atom stereocenters. The summed E-state index contributed by atoms with van der Waals surface area (Å²) in [7, 11) is -2.35. The molecule has 0 spiro atoms. The molecule has 1 aliphatic heterocycles. The van der Waals surface area contributed by atoms with Gasteiger partial charge in [-0.25, -0.2) is 12.8 Å². The third-order valence-electron chi connectivity index (χ3n) is 6.02. The molecule has 0 bridgehead atoms. The Kier molecular flexibility index (Phi) is 5.41. The van der Waals surface area contributed by atoms with Gasteiger partial charge in [0.1, 0.15) is 10.7 Å². The number of hydrogen-bond acceptors (Lipinski definition) is 4. The Morgan fingerprint density at radius 2 is 1.74 bits per heavy atom. The molecule has 2 atom stereocenters. The van der Waals surface area contributed by atoms with Gasteiger partial charge in [0, 0.05) is 26.3 Å². The van der Waals surface area contributed by atoms with Gasteiger partial charge in [0.15, 0.2) is 0 Å². The van der Waals surface area contributed by atoms with Crippen molar-refractivity contribution in [2.75, 3.05) is 18.0 Å². The average Bonchev–Trinajstić information content (AvgIpc) is 2.69. The fourth-order valence-corrected chi connectivity index (χ4v) is 6.17. The summed E-state index contributed by atoms with van der Waals surface area (Å²) >= 11 is 0. The molecule has 4 rings (SSSR count). The SMILES string of the molecule is Cc1cccc(S(=O)(=O)c2cn(C)c3cc(N4C[C@H](C)C[C@@H](C)C4)c(F)cc3c2=O)c1. The number of aryl methyl sites for hydroxylation is 2. The second-order valence-electron chi connectivity index (χ2n) is 8.93. The van der Waals surface area contributed by atoms with Crippen LogP contribution in [-0.2, 0) is 16.9 Å². The van der Waals surface area contributed by atoms with Crippen LogP contribution in [0.15, 0.2) is 57.2 Å². The predicted molar refractivity (Wildman–Crippen MR) is 121 cm³/mol. The molecule has 5 nitrogen and oxygen atoms in total. The van der Waals surface area contributed by atoms with Crippen molar-refractivity contribution in [1.82, 2.24) is 4.57 Å². The Morgan fingerprint density at radius 3 is 2.39 bits per heavy atom. The smallest absolute Gasteiger partial charge is 0.211 e. The summed E-state index contributed by atoms with van der Waals surface area (Å²) in [6.07, 6.45) is 2.44. The monoisotopic (exact) mass is 442 g/mol. The van der Waals surface area contributed by atoms with Crippen LogP contribution in [0.3, 0.4) is 0 Å². The number of aromatic nitrogens is 1. The van der Waals surface area contributed by atoms with Crippen LogP contribution < -0.4 is 10.3 Å². The lowest BCUT2D eigenvalue weighted by molar-refractivity contribution is 0.354. The van der Waals surface area contributed by atoms with Crippen LogP contribution in [0.25, 0.3) is 10.9 Å². The first kappa shape index (κ1) is 21.6. The minimum Gasteiger partial charge on any atom is -0.369 e. The molecule has 31 heavy (non-hydrogen) atoms. The number of benzene rings is 2. The van der Waals surface area contributed by atoms with Crippen molar-refractivity contribution in [1.29, 1.82) is 0 Å². The van der Waals surface area contributed by atoms with Gasteiger partial charge in [0.2, 0.25) is 15.3 Å². The summed E-state index contributed by atoms with van der Waals surface area (Å²) in [5.74, 6) is 0.394. The topological polar surface area (TPSA) is 59.4 Å². The van der Waals surface area contributed by atoms with Gasteiger partial charge < -0.3 is 9.47 Å². The van der Waals surface area contributed by atoms with Crippen LogP contribution in [0.1, 0.15) is 25.8 Å². The highest BCUT2D eigenvalue weighted by molar-refractivity contribution is 7.91. The van der Waals surface area contributed by atoms with E-state index in [1.54, 1.807) is 36.7 Å². The normalized spacial score (nSPS) is 19.7. The minimum atomic E-state index is -4.03. The van der Waals surface area contributed by atoms with E-state index in [0.29, 0.717) is 23.0 Å². The number of anilines is 1. The molecule has 0 saturated carbocycles. The van der Waals surface area contributed by atoms with Gasteiger partial charge in [0.25, 0.3) is 0 Å². The van der Waals surface area contributed by atoms with E-state index in [2.05, 4.69) is 13.8 Å². The van der Waals surface area contributed by atoms with Crippen molar-refractivity contribution >= 4 is 26.4 Å². The van der Waals surface area contributed by atoms with Crippen molar-refractivity contribution in [3.8, 4) is 0 Å². The van der Waals surface area contributed by atoms with Crippen LogP contribution in [0, 0.1) is 24.6 Å². The van der Waals surface area contributed by atoms with E-state index < -0.39 is 21.1 Å². The number of pyridine rings is 1. The first-order valence-corrected chi connectivity index (χ1v) is 12.0. The number of rotatable bonds is 3. The van der Waals surface area contributed by atoms with Crippen molar-refractivity contribution in [2.24, 2.45) is 18.9 Å². The molecule has 1 fully saturated rings. The first-order chi connectivity index (χ1) is 14.6. The second kappa shape index (κ2) is 7.79. The Bertz CT molecular complexity index is 1320. The van der Waals surface area contributed by atoms with E-state index in [9.17, 15) is 13.2 Å². The Labute approximate surface area is 182 Å². The number of sulfone groups is 1. The maximum atomic E-state index is 15.1. The zero-order valence-electron chi connectivity index (χ0n) is 18.2. The summed E-state index contributed by atoms with van der Waals surface area (Å²) in [5, 5.41) is 0.0654. The predicted octanol–water partition coefficient (Wildman–Crippen LogP) is 4.30. The number of halogens is 1. The average molecular weight is 443 g/mol. The standard InChI is InChI=1S/C24H27FN2O3S/c1-15-6-5-7-18(9-15)31(29,30)23-14-26(4)21-11-22(20(25)10-19(21)24(23)28)27-12-16(2)8-17(3)13-27/h5-7,9-11,14,16-17H,8,12-13H2,1-4H3/t16-,17-/m1/s1. The van der Waals surface area contributed by atoms with Gasteiger partial charge in [-0.1, -0.05) is 26.0 Å². The highest BCUT2D eigenvalue weighted by Crippen LogP contribution is 2.31. The first-order valence-electron chi connectivity index (χ1n) is 10.5. The molecular weight excluding hydrogens is 415 g/mol. The van der Waals surface area contributed by atoms with Crippen LogP contribution in [0.5, 0.6) is 0 Å². The van der Waals surface area contributed by atoms with Gasteiger partial charge in [-0.15, -0.1) is 0 Å². The largest absolute Gasteiger partial charge is 0.369 e. The van der Waals surface area contributed by atoms with Crippen LogP contribution in [-0.4, -0.2) is 26.1 Å². The lowest BCUT2D eigenvalue weighted by Gasteiger charge is -2.36. The van der Waals surface area contributed by atoms with Gasteiger partial charge in [0.05, 0.1) is 21.5 Å². The Morgan fingerprint density at radius 1 is 1.06 bits per heavy atom. The van der Waals surface area contributed by atoms with Gasteiger partial charge in [-0.3, -0.25) is 4.79 Å². The van der Waals surface area contributed by atoms with Gasteiger partial charge in [-0.05, 0) is 55.0 Å². The van der Waals surface area contributed by atoms with E-state index in [-0.39, 0.29) is 15.2 Å². The van der Waals surface area contributed by atoms with E-state index in [1.165, 1.54) is 24.4 Å². The van der Waals surface area contributed by atoms with E-state index in [1.807, 2.05) is 4.90 Å². The summed E-state index contributed by atoms with van der Waals surface area (Å²) in [6, 6.07) is 9.28. The lowest BCUT2D eigenvalue weighted by Crippen LogP contribution is -2.39. The highest BCUT2D eigenvalue weighted by Gasteiger charge is 2.27. The van der Waals surface area contributed by atoms with Crippen LogP contribution in [0.4, 0.5) is 10.1 Å². The molecule has 1 aromatic heterocycles. The van der Waals surface area contributed by atoms with Gasteiger partial charge >= 0.3 is 0 Å². The van der Waals surface area contributed by atoms with Crippen molar-refractivity contribution in [3.63, 3.8) is 0 Å². The van der Waals surface area contributed by atoms with E-state index in [0.717, 1.165) is 25.1 Å². The van der Waals surface area contributed by atoms with Crippen molar-refractivity contribution in [2.45, 2.75) is 37.0 Å². The molecule has 2 aromatic carbocycles. The number of nitrogens with zero attached hydrogens (tertiary/aromatic N) is 2. The fraction of sp³-hybridized carbons (Fsp3) is 0.375. The maximum absolute atomic E-state index is 15.1. The summed E-state index contributed by atoms with van der Waals surface area (Å²) in [5.41, 5.74) is 1.06.